The molecule has 2 aromatic carbocycles. The van der Waals surface area contributed by atoms with Crippen LogP contribution in [0.1, 0.15) is 19.4 Å². The lowest BCUT2D eigenvalue weighted by Gasteiger charge is -2.42. The van der Waals surface area contributed by atoms with E-state index in [1.54, 1.807) is 24.3 Å². The Balaban J connectivity index is 1.77. The largest absolute Gasteiger partial charge is 0.480 e. The molecule has 0 radical (unpaired) electrons. The van der Waals surface area contributed by atoms with Crippen molar-refractivity contribution < 1.29 is 13.2 Å². The number of aryl methyl sites for hydroxylation is 1. The van der Waals surface area contributed by atoms with Crippen LogP contribution in [0.2, 0.25) is 0 Å². The number of benzene rings is 2. The van der Waals surface area contributed by atoms with Crippen molar-refractivity contribution in [3.63, 3.8) is 0 Å². The van der Waals surface area contributed by atoms with E-state index in [1.165, 1.54) is 0 Å². The lowest BCUT2D eigenvalue weighted by molar-refractivity contribution is 0.103. The first-order valence-electron chi connectivity index (χ1n) is 9.64. The van der Waals surface area contributed by atoms with Crippen LogP contribution in [0.4, 0.5) is 11.4 Å². The fourth-order valence-electron chi connectivity index (χ4n) is 3.94. The molecule has 2 aromatic rings. The summed E-state index contributed by atoms with van der Waals surface area (Å²) in [5.74, 6) is 0.733. The van der Waals surface area contributed by atoms with Crippen molar-refractivity contribution in [2.75, 3.05) is 36.4 Å². The number of fused-ring (bicyclic) bond motifs is 1. The van der Waals surface area contributed by atoms with Crippen LogP contribution in [0.15, 0.2) is 47.4 Å². The Kier molecular flexibility index (Phi) is 4.75. The third kappa shape index (κ3) is 3.33. The van der Waals surface area contributed by atoms with Crippen LogP contribution in [0.5, 0.6) is 5.75 Å². The van der Waals surface area contributed by atoms with E-state index in [0.717, 1.165) is 48.9 Å². The van der Waals surface area contributed by atoms with Gasteiger partial charge in [-0.15, -0.1) is 0 Å². The normalized spacial score (nSPS) is 21.4. The molecule has 6 nitrogen and oxygen atoms in total. The minimum Gasteiger partial charge on any atom is -0.480 e. The van der Waals surface area contributed by atoms with Gasteiger partial charge in [0.15, 0.2) is 11.1 Å². The quantitative estimate of drug-likeness (QED) is 0.824. The van der Waals surface area contributed by atoms with E-state index in [-0.39, 0.29) is 0 Å². The first kappa shape index (κ1) is 19.1. The average Bonchev–Trinajstić information content (AvgIpc) is 2.68. The second kappa shape index (κ2) is 6.97. The Morgan fingerprint density at radius 2 is 1.79 bits per heavy atom. The number of sulfone groups is 1. The van der Waals surface area contributed by atoms with Gasteiger partial charge >= 0.3 is 0 Å². The first-order chi connectivity index (χ1) is 13.3. The number of anilines is 2. The molecular formula is C21H27N3O3S. The molecule has 1 saturated heterocycles. The molecule has 1 atom stereocenters. The van der Waals surface area contributed by atoms with Crippen molar-refractivity contribution >= 4 is 21.2 Å². The molecule has 1 unspecified atom stereocenters. The van der Waals surface area contributed by atoms with Gasteiger partial charge in [-0.2, -0.15) is 0 Å². The van der Waals surface area contributed by atoms with Crippen LogP contribution in [0, 0.1) is 6.92 Å². The highest BCUT2D eigenvalue weighted by Gasteiger charge is 2.46. The van der Waals surface area contributed by atoms with E-state index < -0.39 is 20.8 Å². The Morgan fingerprint density at radius 1 is 1.11 bits per heavy atom. The van der Waals surface area contributed by atoms with Crippen molar-refractivity contribution in [2.45, 2.75) is 36.6 Å². The second-order valence-electron chi connectivity index (χ2n) is 7.99. The molecule has 28 heavy (non-hydrogen) atoms. The van der Waals surface area contributed by atoms with Gasteiger partial charge in [0.2, 0.25) is 9.84 Å². The summed E-state index contributed by atoms with van der Waals surface area (Å²) < 4.78 is 33.0. The van der Waals surface area contributed by atoms with Crippen LogP contribution < -0.4 is 20.3 Å². The van der Waals surface area contributed by atoms with Crippen molar-refractivity contribution in [3.05, 3.63) is 48.0 Å². The summed E-state index contributed by atoms with van der Waals surface area (Å²) >= 11 is 0. The predicted octanol–water partition coefficient (Wildman–Crippen LogP) is 2.79. The summed E-state index contributed by atoms with van der Waals surface area (Å²) in [5, 5.41) is 5.77. The number of piperazine rings is 1. The Hall–Kier alpha value is -2.25. The average molecular weight is 402 g/mol. The van der Waals surface area contributed by atoms with E-state index >= 15 is 0 Å². The maximum Gasteiger partial charge on any atom is 0.203 e. The number of nitrogens with zero attached hydrogens (tertiary/aromatic N) is 1. The van der Waals surface area contributed by atoms with Gasteiger partial charge in [-0.25, -0.2) is 8.42 Å². The number of ether oxygens (including phenoxy) is 1. The Bertz CT molecular complexity index is 968. The van der Waals surface area contributed by atoms with E-state index in [2.05, 4.69) is 21.6 Å². The monoisotopic (exact) mass is 401 g/mol. The zero-order valence-electron chi connectivity index (χ0n) is 16.5. The minimum absolute atomic E-state index is 0.294. The summed E-state index contributed by atoms with van der Waals surface area (Å²) in [5.41, 5.74) is 1.89. The molecule has 2 aliphatic rings. The third-order valence-electron chi connectivity index (χ3n) is 5.34. The van der Waals surface area contributed by atoms with Crippen LogP contribution in [0.25, 0.3) is 0 Å². The summed E-state index contributed by atoms with van der Waals surface area (Å²) in [6.07, 6.45) is 0. The van der Waals surface area contributed by atoms with Gasteiger partial charge in [0, 0.05) is 26.2 Å². The van der Waals surface area contributed by atoms with Crippen LogP contribution in [-0.2, 0) is 9.84 Å². The lowest BCUT2D eigenvalue weighted by Crippen LogP contribution is -2.54. The zero-order chi connectivity index (χ0) is 19.9. The van der Waals surface area contributed by atoms with Crippen LogP contribution >= 0.6 is 0 Å². The molecule has 4 rings (SSSR count). The van der Waals surface area contributed by atoms with Crippen LogP contribution in [0.3, 0.4) is 0 Å². The molecule has 0 aliphatic carbocycles. The molecule has 7 heteroatoms. The second-order valence-corrected chi connectivity index (χ2v) is 10.0. The highest BCUT2D eigenvalue weighted by atomic mass is 32.2. The summed E-state index contributed by atoms with van der Waals surface area (Å²) in [6.45, 7) is 9.31. The molecule has 150 valence electrons. The van der Waals surface area contributed by atoms with Gasteiger partial charge in [-0.1, -0.05) is 18.2 Å². The van der Waals surface area contributed by atoms with Crippen molar-refractivity contribution in [3.8, 4) is 5.75 Å². The number of nitrogens with one attached hydrogen (secondary N) is 2. The molecule has 0 bridgehead atoms. The molecule has 2 heterocycles. The van der Waals surface area contributed by atoms with Crippen molar-refractivity contribution in [1.29, 1.82) is 0 Å². The highest BCUT2D eigenvalue weighted by Crippen LogP contribution is 2.45. The van der Waals surface area contributed by atoms with Gasteiger partial charge in [0.05, 0.1) is 16.3 Å². The SMILES string of the molecule is Cc1cc2c(c(N3CCNCC3)c1)OC(C)(C)C(S(=O)(=O)c1ccccc1)N2. The summed E-state index contributed by atoms with van der Waals surface area (Å²) in [4.78, 5) is 2.59. The fourth-order valence-corrected chi connectivity index (χ4v) is 5.82. The van der Waals surface area contributed by atoms with Gasteiger partial charge in [0.1, 0.15) is 5.60 Å². The number of hydrogen-bond donors (Lipinski definition) is 2. The number of rotatable bonds is 3. The first-order valence-corrected chi connectivity index (χ1v) is 11.2. The molecule has 1 fully saturated rings. The van der Waals surface area contributed by atoms with Gasteiger partial charge in [0.25, 0.3) is 0 Å². The molecule has 0 amide bonds. The standard InChI is InChI=1S/C21H27N3O3S/c1-15-13-17-19(18(14-15)24-11-9-22-10-12-24)27-21(2,3)20(23-17)28(25,26)16-7-5-4-6-8-16/h4-8,13-14,20,22-23H,9-12H2,1-3H3. The van der Waals surface area contributed by atoms with Gasteiger partial charge in [-0.05, 0) is 50.6 Å². The van der Waals surface area contributed by atoms with Crippen molar-refractivity contribution in [2.24, 2.45) is 0 Å². The molecule has 0 saturated carbocycles. The lowest BCUT2D eigenvalue weighted by atomic mass is 10.0. The topological polar surface area (TPSA) is 70.7 Å². The van der Waals surface area contributed by atoms with Gasteiger partial charge < -0.3 is 20.3 Å². The maximum absolute atomic E-state index is 13.3. The smallest absolute Gasteiger partial charge is 0.203 e. The highest BCUT2D eigenvalue weighted by molar-refractivity contribution is 7.92. The molecule has 0 aromatic heterocycles. The molecular weight excluding hydrogens is 374 g/mol. The third-order valence-corrected chi connectivity index (χ3v) is 7.57. The Morgan fingerprint density at radius 3 is 2.46 bits per heavy atom. The number of hydrogen-bond acceptors (Lipinski definition) is 6. The summed E-state index contributed by atoms with van der Waals surface area (Å²) in [6, 6.07) is 12.6. The summed E-state index contributed by atoms with van der Waals surface area (Å²) in [7, 11) is -3.62. The predicted molar refractivity (Wildman–Crippen MR) is 112 cm³/mol. The molecule has 0 spiro atoms. The van der Waals surface area contributed by atoms with Crippen molar-refractivity contribution in [1.82, 2.24) is 5.32 Å². The minimum atomic E-state index is -3.62. The molecule has 2 N–H and O–H groups in total. The Labute approximate surface area is 166 Å². The van der Waals surface area contributed by atoms with E-state index in [4.69, 9.17) is 4.74 Å². The maximum atomic E-state index is 13.3. The van der Waals surface area contributed by atoms with E-state index in [1.807, 2.05) is 32.9 Å². The zero-order valence-corrected chi connectivity index (χ0v) is 17.3. The van der Waals surface area contributed by atoms with Gasteiger partial charge in [-0.3, -0.25) is 0 Å². The molecule has 2 aliphatic heterocycles. The van der Waals surface area contributed by atoms with E-state index in [0.29, 0.717) is 4.90 Å². The van der Waals surface area contributed by atoms with Crippen LogP contribution in [-0.4, -0.2) is 45.6 Å². The van der Waals surface area contributed by atoms with E-state index in [9.17, 15) is 8.42 Å². The fraction of sp³-hybridized carbons (Fsp3) is 0.429.